The topological polar surface area (TPSA) is 61.8 Å². The Morgan fingerprint density at radius 2 is 1.62 bits per heavy atom. The van der Waals surface area contributed by atoms with E-state index in [0.717, 1.165) is 12.0 Å². The second kappa shape index (κ2) is 9.96. The quantitative estimate of drug-likeness (QED) is 0.519. The first-order chi connectivity index (χ1) is 11.4. The summed E-state index contributed by atoms with van der Waals surface area (Å²) in [7, 11) is 0. The summed E-state index contributed by atoms with van der Waals surface area (Å²) < 4.78 is 14.9. The highest BCUT2D eigenvalue weighted by Crippen LogP contribution is 2.20. The van der Waals surface area contributed by atoms with E-state index in [-0.39, 0.29) is 6.61 Å². The average Bonchev–Trinajstić information content (AvgIpc) is 2.53. The van der Waals surface area contributed by atoms with Crippen LogP contribution >= 0.6 is 0 Å². The maximum Gasteiger partial charge on any atom is 0.511 e. The minimum absolute atomic E-state index is 0.211. The molecule has 0 aliphatic rings. The number of carbonyl (C=O) groups excluding carboxylic acids is 2. The number of ether oxygens (including phenoxy) is 3. The van der Waals surface area contributed by atoms with Crippen molar-refractivity contribution in [3.05, 3.63) is 35.4 Å². The first-order valence-electron chi connectivity index (χ1n) is 8.50. The van der Waals surface area contributed by atoms with Crippen LogP contribution in [0.5, 0.6) is 0 Å². The summed E-state index contributed by atoms with van der Waals surface area (Å²) in [6, 6.07) is 7.95. The van der Waals surface area contributed by atoms with Gasteiger partial charge in [0.25, 0.3) is 6.29 Å². The number of carbonyl (C=O) groups is 2. The van der Waals surface area contributed by atoms with Gasteiger partial charge in [0, 0.05) is 6.42 Å². The molecule has 0 bridgehead atoms. The molecule has 0 amide bonds. The fourth-order valence-electron chi connectivity index (χ4n) is 2.23. The van der Waals surface area contributed by atoms with E-state index in [2.05, 4.69) is 13.8 Å². The Morgan fingerprint density at radius 1 is 1.00 bits per heavy atom. The van der Waals surface area contributed by atoms with E-state index in [1.54, 1.807) is 20.8 Å². The Kier molecular flexibility index (Phi) is 8.30. The lowest BCUT2D eigenvalue weighted by Crippen LogP contribution is -2.26. The highest BCUT2D eigenvalue weighted by Gasteiger charge is 2.23. The van der Waals surface area contributed by atoms with E-state index < -0.39 is 24.3 Å². The van der Waals surface area contributed by atoms with Crippen molar-refractivity contribution in [1.29, 1.82) is 0 Å². The van der Waals surface area contributed by atoms with Crippen LogP contribution in [0.1, 0.15) is 58.1 Å². The molecule has 0 unspecified atom stereocenters. The smallest absolute Gasteiger partial charge is 0.435 e. The normalized spacial score (nSPS) is 13.2. The average molecular weight is 336 g/mol. The molecule has 0 aliphatic heterocycles. The van der Waals surface area contributed by atoms with Crippen LogP contribution in [0.15, 0.2) is 24.3 Å². The van der Waals surface area contributed by atoms with Gasteiger partial charge in [-0.05, 0) is 37.3 Å². The molecule has 0 heterocycles. The lowest BCUT2D eigenvalue weighted by atomic mass is 9.97. The highest BCUT2D eigenvalue weighted by atomic mass is 16.8. The molecule has 0 N–H and O–H groups in total. The minimum atomic E-state index is -0.931. The van der Waals surface area contributed by atoms with Crippen molar-refractivity contribution < 1.29 is 23.8 Å². The Labute approximate surface area is 144 Å². The summed E-state index contributed by atoms with van der Waals surface area (Å²) in [5.41, 5.74) is 2.12. The zero-order valence-corrected chi connectivity index (χ0v) is 15.2. The van der Waals surface area contributed by atoms with Gasteiger partial charge in [0.05, 0.1) is 12.5 Å². The predicted octanol–water partition coefficient (Wildman–Crippen LogP) is 4.44. The summed E-state index contributed by atoms with van der Waals surface area (Å²) in [5, 5.41) is 0. The van der Waals surface area contributed by atoms with E-state index >= 15 is 0 Å². The summed E-state index contributed by atoms with van der Waals surface area (Å²) in [4.78, 5) is 23.6. The minimum Gasteiger partial charge on any atom is -0.435 e. The third-order valence-electron chi connectivity index (χ3n) is 3.55. The molecule has 1 rings (SSSR count). The molecule has 0 aromatic heterocycles. The largest absolute Gasteiger partial charge is 0.511 e. The van der Waals surface area contributed by atoms with Crippen LogP contribution in [-0.2, 0) is 25.4 Å². The standard InChI is InChI=1S/C19H28O5/c1-6-17(24-19(21)22-7-2)23-18(20)14(5)16-10-8-15(9-11-16)12-13(3)4/h8-11,13-14,17H,6-7,12H2,1-5H3/t14-,17-/m0/s1. The van der Waals surface area contributed by atoms with Crippen molar-refractivity contribution in [3.63, 3.8) is 0 Å². The fourth-order valence-corrected chi connectivity index (χ4v) is 2.23. The zero-order valence-electron chi connectivity index (χ0n) is 15.2. The molecule has 5 nitrogen and oxygen atoms in total. The molecule has 0 saturated carbocycles. The summed E-state index contributed by atoms with van der Waals surface area (Å²) >= 11 is 0. The Balaban J connectivity index is 2.63. The van der Waals surface area contributed by atoms with Gasteiger partial charge in [-0.2, -0.15) is 0 Å². The van der Waals surface area contributed by atoms with Crippen LogP contribution in [0.2, 0.25) is 0 Å². The molecule has 134 valence electrons. The van der Waals surface area contributed by atoms with Crippen molar-refractivity contribution in [2.45, 2.75) is 59.7 Å². The van der Waals surface area contributed by atoms with Crippen molar-refractivity contribution in [3.8, 4) is 0 Å². The van der Waals surface area contributed by atoms with Crippen LogP contribution in [0.4, 0.5) is 4.79 Å². The highest BCUT2D eigenvalue weighted by molar-refractivity contribution is 5.77. The molecular formula is C19H28O5. The molecular weight excluding hydrogens is 308 g/mol. The van der Waals surface area contributed by atoms with Gasteiger partial charge < -0.3 is 14.2 Å². The maximum absolute atomic E-state index is 12.3. The third kappa shape index (κ3) is 6.60. The Hall–Kier alpha value is -2.04. The molecule has 5 heteroatoms. The summed E-state index contributed by atoms with van der Waals surface area (Å²) in [5.74, 6) is -0.274. The molecule has 0 aliphatic carbocycles. The second-order valence-corrected chi connectivity index (χ2v) is 6.14. The number of hydrogen-bond acceptors (Lipinski definition) is 5. The number of benzene rings is 1. The van der Waals surface area contributed by atoms with Crippen LogP contribution < -0.4 is 0 Å². The fraction of sp³-hybridized carbons (Fsp3) is 0.579. The third-order valence-corrected chi connectivity index (χ3v) is 3.55. The Bertz CT molecular complexity index is 521. The maximum atomic E-state index is 12.3. The predicted molar refractivity (Wildman–Crippen MR) is 91.7 cm³/mol. The first kappa shape index (κ1) is 20.0. The van der Waals surface area contributed by atoms with Crippen LogP contribution in [0.3, 0.4) is 0 Å². The molecule has 0 saturated heterocycles. The second-order valence-electron chi connectivity index (χ2n) is 6.14. The van der Waals surface area contributed by atoms with Gasteiger partial charge in [-0.25, -0.2) is 4.79 Å². The molecule has 24 heavy (non-hydrogen) atoms. The zero-order chi connectivity index (χ0) is 18.1. The van der Waals surface area contributed by atoms with Crippen LogP contribution in [0, 0.1) is 5.92 Å². The Morgan fingerprint density at radius 3 is 2.12 bits per heavy atom. The molecule has 1 aromatic carbocycles. The molecule has 0 radical (unpaired) electrons. The van der Waals surface area contributed by atoms with E-state index in [4.69, 9.17) is 14.2 Å². The van der Waals surface area contributed by atoms with E-state index in [1.807, 2.05) is 24.3 Å². The SMILES string of the molecule is CCOC(=O)O[C@@H](CC)OC(=O)[C@@H](C)c1ccc(CC(C)C)cc1. The van der Waals surface area contributed by atoms with Gasteiger partial charge in [-0.15, -0.1) is 0 Å². The lowest BCUT2D eigenvalue weighted by molar-refractivity contribution is -0.173. The van der Waals surface area contributed by atoms with Crippen LogP contribution in [0.25, 0.3) is 0 Å². The lowest BCUT2D eigenvalue weighted by Gasteiger charge is -2.19. The molecule has 0 spiro atoms. The van der Waals surface area contributed by atoms with E-state index in [0.29, 0.717) is 12.3 Å². The van der Waals surface area contributed by atoms with Crippen molar-refractivity contribution in [2.24, 2.45) is 5.92 Å². The van der Waals surface area contributed by atoms with Gasteiger partial charge >= 0.3 is 12.1 Å². The van der Waals surface area contributed by atoms with E-state index in [1.165, 1.54) is 5.56 Å². The van der Waals surface area contributed by atoms with Crippen molar-refractivity contribution >= 4 is 12.1 Å². The van der Waals surface area contributed by atoms with Crippen LogP contribution in [-0.4, -0.2) is 25.0 Å². The van der Waals surface area contributed by atoms with Gasteiger partial charge in [-0.3, -0.25) is 4.79 Å². The number of hydrogen-bond donors (Lipinski definition) is 0. The molecule has 0 fully saturated rings. The number of esters is 1. The molecule has 2 atom stereocenters. The summed E-state index contributed by atoms with van der Waals surface area (Å²) in [6.07, 6.45) is -0.392. The van der Waals surface area contributed by atoms with E-state index in [9.17, 15) is 9.59 Å². The number of rotatable bonds is 8. The van der Waals surface area contributed by atoms with Crippen molar-refractivity contribution in [1.82, 2.24) is 0 Å². The van der Waals surface area contributed by atoms with Gasteiger partial charge in [-0.1, -0.05) is 45.0 Å². The van der Waals surface area contributed by atoms with Crippen molar-refractivity contribution in [2.75, 3.05) is 6.61 Å². The van der Waals surface area contributed by atoms with Gasteiger partial charge in [0.2, 0.25) is 0 Å². The monoisotopic (exact) mass is 336 g/mol. The van der Waals surface area contributed by atoms with Gasteiger partial charge in [0.15, 0.2) is 0 Å². The first-order valence-corrected chi connectivity index (χ1v) is 8.50. The summed E-state index contributed by atoms with van der Waals surface area (Å²) in [6.45, 7) is 9.77. The van der Waals surface area contributed by atoms with Gasteiger partial charge in [0.1, 0.15) is 0 Å². The molecule has 1 aromatic rings.